The van der Waals surface area contributed by atoms with E-state index in [4.69, 9.17) is 4.52 Å². The van der Waals surface area contributed by atoms with Crippen LogP contribution in [0.3, 0.4) is 0 Å². The number of pyridine rings is 1. The highest BCUT2D eigenvalue weighted by atomic mass is 32.1. The van der Waals surface area contributed by atoms with Gasteiger partial charge in [0.15, 0.2) is 0 Å². The second-order valence-corrected chi connectivity index (χ2v) is 11.2. The maximum atomic E-state index is 13.6. The maximum Gasteiger partial charge on any atom is 0.336 e. The molecule has 0 fully saturated rings. The fourth-order valence-electron chi connectivity index (χ4n) is 3.92. The maximum absolute atomic E-state index is 13.6. The number of thiophene rings is 1. The molecule has 2 aromatic carbocycles. The van der Waals surface area contributed by atoms with Crippen molar-refractivity contribution in [1.82, 2.24) is 4.98 Å². The molecule has 0 bridgehead atoms. The van der Waals surface area contributed by atoms with E-state index in [1.165, 1.54) is 0 Å². The fourth-order valence-corrected chi connectivity index (χ4v) is 7.42. The number of fused-ring (bicyclic) bond motifs is 1. The summed E-state index contributed by atoms with van der Waals surface area (Å²) >= 11 is 1.59. The predicted octanol–water partition coefficient (Wildman–Crippen LogP) is 7.56. The van der Waals surface area contributed by atoms with Crippen LogP contribution in [0.15, 0.2) is 73.1 Å². The topological polar surface area (TPSA) is 59.4 Å². The van der Waals surface area contributed by atoms with E-state index in [2.05, 4.69) is 23.2 Å². The zero-order valence-corrected chi connectivity index (χ0v) is 20.3. The van der Waals surface area contributed by atoms with E-state index >= 15 is 0 Å². The van der Waals surface area contributed by atoms with Crippen molar-refractivity contribution in [2.45, 2.75) is 45.4 Å². The number of benzene rings is 2. The Balaban J connectivity index is 1.76. The molecular weight excluding hydrogens is 437 g/mol. The van der Waals surface area contributed by atoms with Gasteiger partial charge < -0.3 is 9.42 Å². The average Bonchev–Trinajstić information content (AvgIpc) is 3.14. The summed E-state index contributed by atoms with van der Waals surface area (Å²) < 4.78 is 20.5. The molecule has 0 aliphatic heterocycles. The van der Waals surface area contributed by atoms with Crippen LogP contribution in [-0.4, -0.2) is 16.0 Å². The molecule has 0 saturated carbocycles. The van der Waals surface area contributed by atoms with Crippen LogP contribution in [-0.2, 0) is 15.5 Å². The molecular formula is C26H28NO3PS. The molecule has 32 heavy (non-hydrogen) atoms. The largest absolute Gasteiger partial charge is 0.336 e. The normalized spacial score (nSPS) is 15.4. The van der Waals surface area contributed by atoms with Crippen molar-refractivity contribution in [2.75, 3.05) is 0 Å². The minimum Gasteiger partial charge on any atom is -0.324 e. The van der Waals surface area contributed by atoms with Crippen LogP contribution in [0.2, 0.25) is 0 Å². The van der Waals surface area contributed by atoms with E-state index in [1.54, 1.807) is 23.7 Å². The first-order valence-corrected chi connectivity index (χ1v) is 13.3. The second-order valence-electron chi connectivity index (χ2n) is 8.13. The summed E-state index contributed by atoms with van der Waals surface area (Å²) in [7, 11) is -3.93. The Hall–Kier alpha value is -2.30. The summed E-state index contributed by atoms with van der Waals surface area (Å²) in [5.74, 6) is 0. The van der Waals surface area contributed by atoms with Gasteiger partial charge in [0.2, 0.25) is 0 Å². The first-order chi connectivity index (χ1) is 15.4. The van der Waals surface area contributed by atoms with Gasteiger partial charge in [0.25, 0.3) is 0 Å². The van der Waals surface area contributed by atoms with Crippen LogP contribution in [0.1, 0.15) is 41.9 Å². The van der Waals surface area contributed by atoms with Gasteiger partial charge in [-0.15, -0.1) is 11.3 Å². The van der Waals surface area contributed by atoms with Crippen molar-refractivity contribution in [3.63, 3.8) is 0 Å². The lowest BCUT2D eigenvalue weighted by atomic mass is 10.0. The SMILES string of the molecule is CCC(C)OP(=O)(O)C(Cc1cccc(-c2ccncc2)c1)c1sc2ccccc2c1C. The Morgan fingerprint density at radius 3 is 2.53 bits per heavy atom. The van der Waals surface area contributed by atoms with Crippen molar-refractivity contribution >= 4 is 29.0 Å². The first-order valence-electron chi connectivity index (χ1n) is 10.9. The van der Waals surface area contributed by atoms with Gasteiger partial charge in [-0.2, -0.15) is 0 Å². The predicted molar refractivity (Wildman–Crippen MR) is 133 cm³/mol. The number of aromatic nitrogens is 1. The van der Waals surface area contributed by atoms with Crippen molar-refractivity contribution in [3.8, 4) is 11.1 Å². The van der Waals surface area contributed by atoms with E-state index in [0.717, 1.165) is 37.2 Å². The minimum absolute atomic E-state index is 0.286. The van der Waals surface area contributed by atoms with Crippen LogP contribution in [0, 0.1) is 6.92 Å². The van der Waals surface area contributed by atoms with E-state index in [9.17, 15) is 9.46 Å². The Kier molecular flexibility index (Phi) is 6.92. The van der Waals surface area contributed by atoms with Gasteiger partial charge >= 0.3 is 7.60 Å². The van der Waals surface area contributed by atoms with Crippen LogP contribution in [0.4, 0.5) is 0 Å². The molecule has 4 rings (SSSR count). The standard InChI is InChI=1S/C26H28NO3PS/c1-4-18(2)30-31(28,29)24(26-19(3)23-10-5-6-11-25(23)32-26)17-20-8-7-9-22(16-20)21-12-14-27-15-13-21/h5-16,18,24H,4,17H2,1-3H3,(H,28,29). The van der Waals surface area contributed by atoms with Gasteiger partial charge in [-0.05, 0) is 72.5 Å². The van der Waals surface area contributed by atoms with E-state index in [1.807, 2.05) is 63.2 Å². The lowest BCUT2D eigenvalue weighted by molar-refractivity contribution is 0.180. The quantitative estimate of drug-likeness (QED) is 0.273. The van der Waals surface area contributed by atoms with Crippen molar-refractivity contribution in [2.24, 2.45) is 0 Å². The second kappa shape index (κ2) is 9.68. The lowest BCUT2D eigenvalue weighted by Crippen LogP contribution is -2.11. The zero-order valence-electron chi connectivity index (χ0n) is 18.6. The summed E-state index contributed by atoms with van der Waals surface area (Å²) in [5.41, 5.74) is 3.57. The number of aryl methyl sites for hydroxylation is 1. The molecule has 0 spiro atoms. The third-order valence-electron chi connectivity index (χ3n) is 5.85. The Bertz CT molecular complexity index is 1250. The highest BCUT2D eigenvalue weighted by Crippen LogP contribution is 2.61. The minimum atomic E-state index is -3.93. The third kappa shape index (κ3) is 4.87. The monoisotopic (exact) mass is 465 g/mol. The summed E-state index contributed by atoms with van der Waals surface area (Å²) in [5, 5.41) is 1.13. The molecule has 0 amide bonds. The van der Waals surface area contributed by atoms with Gasteiger partial charge in [-0.25, -0.2) is 0 Å². The van der Waals surface area contributed by atoms with Crippen molar-refractivity contribution < 1.29 is 14.0 Å². The van der Waals surface area contributed by atoms with E-state index < -0.39 is 13.3 Å². The molecule has 166 valence electrons. The van der Waals surface area contributed by atoms with E-state index in [0.29, 0.717) is 12.8 Å². The zero-order chi connectivity index (χ0) is 22.7. The molecule has 3 unspecified atom stereocenters. The van der Waals surface area contributed by atoms with Crippen molar-refractivity contribution in [1.29, 1.82) is 0 Å². The molecule has 0 aliphatic rings. The summed E-state index contributed by atoms with van der Waals surface area (Å²) in [6, 6.07) is 20.2. The lowest BCUT2D eigenvalue weighted by Gasteiger charge is -2.25. The number of hydrogen-bond acceptors (Lipinski definition) is 4. The van der Waals surface area contributed by atoms with Gasteiger partial charge in [0.1, 0.15) is 0 Å². The van der Waals surface area contributed by atoms with Gasteiger partial charge in [0.05, 0.1) is 11.8 Å². The Morgan fingerprint density at radius 2 is 1.81 bits per heavy atom. The summed E-state index contributed by atoms with van der Waals surface area (Å²) in [6.07, 6.45) is 4.36. The molecule has 0 radical (unpaired) electrons. The third-order valence-corrected chi connectivity index (χ3v) is 9.30. The van der Waals surface area contributed by atoms with Gasteiger partial charge in [-0.3, -0.25) is 9.55 Å². The van der Waals surface area contributed by atoms with Gasteiger partial charge in [0, 0.05) is 22.0 Å². The summed E-state index contributed by atoms with van der Waals surface area (Å²) in [6.45, 7) is 5.85. The van der Waals surface area contributed by atoms with Crippen LogP contribution >= 0.6 is 18.9 Å². The molecule has 0 saturated heterocycles. The number of nitrogens with zero attached hydrogens (tertiary/aromatic N) is 1. The highest BCUT2D eigenvalue weighted by molar-refractivity contribution is 7.53. The Labute approximate surface area is 193 Å². The molecule has 2 aromatic heterocycles. The highest BCUT2D eigenvalue weighted by Gasteiger charge is 2.37. The van der Waals surface area contributed by atoms with Gasteiger partial charge in [-0.1, -0.05) is 49.4 Å². The first kappa shape index (κ1) is 22.9. The smallest absolute Gasteiger partial charge is 0.324 e. The molecule has 4 nitrogen and oxygen atoms in total. The molecule has 3 atom stereocenters. The summed E-state index contributed by atoms with van der Waals surface area (Å²) in [4.78, 5) is 16.2. The molecule has 6 heteroatoms. The van der Waals surface area contributed by atoms with Crippen LogP contribution < -0.4 is 0 Å². The number of rotatable bonds is 8. The molecule has 2 heterocycles. The molecule has 0 aliphatic carbocycles. The Morgan fingerprint density at radius 1 is 1.06 bits per heavy atom. The van der Waals surface area contributed by atoms with Crippen molar-refractivity contribution in [3.05, 3.63) is 89.1 Å². The fraction of sp³-hybridized carbons (Fsp3) is 0.269. The van der Waals surface area contributed by atoms with Crippen LogP contribution in [0.25, 0.3) is 21.2 Å². The van der Waals surface area contributed by atoms with Crippen LogP contribution in [0.5, 0.6) is 0 Å². The van der Waals surface area contributed by atoms with E-state index in [-0.39, 0.29) is 6.10 Å². The molecule has 1 N–H and O–H groups in total. The average molecular weight is 466 g/mol. The molecule has 4 aromatic rings. The number of hydrogen-bond donors (Lipinski definition) is 1.